The van der Waals surface area contributed by atoms with E-state index in [0.29, 0.717) is 6.61 Å². The lowest BCUT2D eigenvalue weighted by Crippen LogP contribution is -2.38. The van der Waals surface area contributed by atoms with Crippen LogP contribution in [0.25, 0.3) is 0 Å². The lowest BCUT2D eigenvalue weighted by Gasteiger charge is -2.24. The van der Waals surface area contributed by atoms with Crippen LogP contribution in [0.1, 0.15) is 23.1 Å². The molecule has 1 aliphatic rings. The van der Waals surface area contributed by atoms with E-state index < -0.39 is 0 Å². The number of methoxy groups -OCH3 is 1. The van der Waals surface area contributed by atoms with Gasteiger partial charge in [0.2, 0.25) is 0 Å². The van der Waals surface area contributed by atoms with Crippen molar-refractivity contribution in [1.29, 1.82) is 0 Å². The summed E-state index contributed by atoms with van der Waals surface area (Å²) in [5, 5.41) is 0. The molecule has 1 aromatic carbocycles. The van der Waals surface area contributed by atoms with E-state index in [1.807, 2.05) is 0 Å². The molecule has 0 saturated heterocycles. The Labute approximate surface area is 85.1 Å². The second-order valence-corrected chi connectivity index (χ2v) is 4.19. The second-order valence-electron chi connectivity index (χ2n) is 4.19. The van der Waals surface area contributed by atoms with Gasteiger partial charge in [0.1, 0.15) is 0 Å². The molecule has 0 heterocycles. The van der Waals surface area contributed by atoms with Crippen LogP contribution in [0.3, 0.4) is 0 Å². The molecule has 1 atom stereocenters. The maximum absolute atomic E-state index is 6.33. The van der Waals surface area contributed by atoms with Gasteiger partial charge in [0.25, 0.3) is 0 Å². The Hall–Kier alpha value is -0.860. The van der Waals surface area contributed by atoms with Gasteiger partial charge in [-0.05, 0) is 36.5 Å². The summed E-state index contributed by atoms with van der Waals surface area (Å²) in [5.41, 5.74) is 10.1. The Morgan fingerprint density at radius 3 is 3.00 bits per heavy atom. The molecule has 2 rings (SSSR count). The smallest absolute Gasteiger partial charge is 0.0684 e. The molecule has 0 amide bonds. The van der Waals surface area contributed by atoms with Crippen molar-refractivity contribution in [2.45, 2.75) is 25.3 Å². The van der Waals surface area contributed by atoms with Crippen molar-refractivity contribution in [3.8, 4) is 0 Å². The molecule has 14 heavy (non-hydrogen) atoms. The fourth-order valence-corrected chi connectivity index (χ4v) is 2.39. The summed E-state index contributed by atoms with van der Waals surface area (Å²) >= 11 is 0. The topological polar surface area (TPSA) is 35.2 Å². The highest BCUT2D eigenvalue weighted by Gasteiger charge is 2.35. The van der Waals surface area contributed by atoms with Crippen LogP contribution in [0, 0.1) is 6.92 Å². The van der Waals surface area contributed by atoms with E-state index >= 15 is 0 Å². The van der Waals surface area contributed by atoms with Crippen LogP contribution >= 0.6 is 0 Å². The Kier molecular flexibility index (Phi) is 2.33. The van der Waals surface area contributed by atoms with Gasteiger partial charge in [-0.3, -0.25) is 0 Å². The highest BCUT2D eigenvalue weighted by atomic mass is 16.5. The number of rotatable bonds is 2. The van der Waals surface area contributed by atoms with Gasteiger partial charge in [-0.1, -0.05) is 18.2 Å². The molecule has 1 aliphatic carbocycles. The number of benzene rings is 1. The third-order valence-electron chi connectivity index (χ3n) is 3.17. The fraction of sp³-hybridized carbons (Fsp3) is 0.500. The van der Waals surface area contributed by atoms with E-state index in [9.17, 15) is 0 Å². The van der Waals surface area contributed by atoms with Gasteiger partial charge < -0.3 is 10.5 Å². The third kappa shape index (κ3) is 1.35. The molecule has 0 aromatic heterocycles. The Balaban J connectivity index is 2.44. The molecule has 0 radical (unpaired) electrons. The molecule has 76 valence electrons. The van der Waals surface area contributed by atoms with Crippen molar-refractivity contribution >= 4 is 0 Å². The normalized spacial score (nSPS) is 25.1. The molecule has 1 aromatic rings. The zero-order valence-corrected chi connectivity index (χ0v) is 8.84. The lowest BCUT2D eigenvalue weighted by molar-refractivity contribution is 0.132. The summed E-state index contributed by atoms with van der Waals surface area (Å²) in [6, 6.07) is 6.36. The summed E-state index contributed by atoms with van der Waals surface area (Å²) in [7, 11) is 1.71. The quantitative estimate of drug-likeness (QED) is 0.772. The van der Waals surface area contributed by atoms with E-state index in [2.05, 4.69) is 25.1 Å². The first-order chi connectivity index (χ1) is 6.67. The largest absolute Gasteiger partial charge is 0.382 e. The number of nitrogens with two attached hydrogens (primary N) is 1. The number of fused-ring (bicyclic) bond motifs is 1. The zero-order valence-electron chi connectivity index (χ0n) is 8.84. The predicted molar refractivity (Wildman–Crippen MR) is 57.2 cm³/mol. The predicted octanol–water partition coefficient (Wildman–Crippen LogP) is 1.74. The highest BCUT2D eigenvalue weighted by molar-refractivity contribution is 5.43. The van der Waals surface area contributed by atoms with Crippen molar-refractivity contribution < 1.29 is 4.74 Å². The monoisotopic (exact) mass is 191 g/mol. The van der Waals surface area contributed by atoms with Crippen LogP contribution in [0.15, 0.2) is 18.2 Å². The standard InChI is InChI=1S/C12H17NO/c1-9-4-3-5-11-10(9)6-7-12(11,13)8-14-2/h3-5H,6-8,13H2,1-2H3. The minimum atomic E-state index is -0.254. The van der Waals surface area contributed by atoms with E-state index in [0.717, 1.165) is 12.8 Å². The van der Waals surface area contributed by atoms with Crippen molar-refractivity contribution in [3.05, 3.63) is 34.9 Å². The highest BCUT2D eigenvalue weighted by Crippen LogP contribution is 2.36. The van der Waals surface area contributed by atoms with Gasteiger partial charge in [-0.25, -0.2) is 0 Å². The fourth-order valence-electron chi connectivity index (χ4n) is 2.39. The number of hydrogen-bond donors (Lipinski definition) is 1. The molecule has 1 unspecified atom stereocenters. The SMILES string of the molecule is COCC1(N)CCc2c(C)cccc21. The van der Waals surface area contributed by atoms with Crippen LogP contribution in [-0.2, 0) is 16.7 Å². The minimum absolute atomic E-state index is 0.254. The number of hydrogen-bond acceptors (Lipinski definition) is 2. The maximum Gasteiger partial charge on any atom is 0.0684 e. The van der Waals surface area contributed by atoms with Gasteiger partial charge in [-0.15, -0.1) is 0 Å². The summed E-state index contributed by atoms with van der Waals surface area (Å²) in [6.45, 7) is 2.76. The maximum atomic E-state index is 6.33. The molecule has 0 fully saturated rings. The summed E-state index contributed by atoms with van der Waals surface area (Å²) in [6.07, 6.45) is 2.09. The van der Waals surface area contributed by atoms with Crippen molar-refractivity contribution in [3.63, 3.8) is 0 Å². The average molecular weight is 191 g/mol. The number of ether oxygens (including phenoxy) is 1. The Bertz CT molecular complexity index is 348. The van der Waals surface area contributed by atoms with Gasteiger partial charge in [-0.2, -0.15) is 0 Å². The van der Waals surface area contributed by atoms with E-state index in [1.54, 1.807) is 7.11 Å². The van der Waals surface area contributed by atoms with E-state index in [4.69, 9.17) is 10.5 Å². The average Bonchev–Trinajstić information content (AvgIpc) is 2.47. The van der Waals surface area contributed by atoms with E-state index in [-0.39, 0.29) is 5.54 Å². The molecule has 0 aliphatic heterocycles. The van der Waals surface area contributed by atoms with Crippen LogP contribution < -0.4 is 5.73 Å². The molecule has 2 nitrogen and oxygen atoms in total. The molecular weight excluding hydrogens is 174 g/mol. The van der Waals surface area contributed by atoms with Crippen LogP contribution in [0.4, 0.5) is 0 Å². The first-order valence-corrected chi connectivity index (χ1v) is 5.04. The van der Waals surface area contributed by atoms with Gasteiger partial charge >= 0.3 is 0 Å². The van der Waals surface area contributed by atoms with Gasteiger partial charge in [0.15, 0.2) is 0 Å². The molecule has 0 spiro atoms. The third-order valence-corrected chi connectivity index (χ3v) is 3.17. The van der Waals surface area contributed by atoms with Crippen LogP contribution in [0.5, 0.6) is 0 Å². The minimum Gasteiger partial charge on any atom is -0.382 e. The van der Waals surface area contributed by atoms with Crippen molar-refractivity contribution in [2.24, 2.45) is 5.73 Å². The summed E-state index contributed by atoms with van der Waals surface area (Å²) in [5.74, 6) is 0. The lowest BCUT2D eigenvalue weighted by atomic mass is 9.93. The molecular formula is C12H17NO. The number of aryl methyl sites for hydroxylation is 1. The molecule has 0 saturated carbocycles. The second kappa shape index (κ2) is 3.37. The summed E-state index contributed by atoms with van der Waals surface area (Å²) < 4.78 is 5.20. The van der Waals surface area contributed by atoms with Gasteiger partial charge in [0.05, 0.1) is 12.1 Å². The van der Waals surface area contributed by atoms with Gasteiger partial charge in [0, 0.05) is 7.11 Å². The summed E-state index contributed by atoms with van der Waals surface area (Å²) in [4.78, 5) is 0. The molecule has 0 bridgehead atoms. The van der Waals surface area contributed by atoms with E-state index in [1.165, 1.54) is 16.7 Å². The van der Waals surface area contributed by atoms with Crippen molar-refractivity contribution in [2.75, 3.05) is 13.7 Å². The molecule has 2 heteroatoms. The Morgan fingerprint density at radius 1 is 1.50 bits per heavy atom. The molecule has 2 N–H and O–H groups in total. The van der Waals surface area contributed by atoms with Crippen LogP contribution in [-0.4, -0.2) is 13.7 Å². The first kappa shape index (κ1) is 9.69. The Morgan fingerprint density at radius 2 is 2.29 bits per heavy atom. The van der Waals surface area contributed by atoms with Crippen molar-refractivity contribution in [1.82, 2.24) is 0 Å². The zero-order chi connectivity index (χ0) is 10.2. The first-order valence-electron chi connectivity index (χ1n) is 5.04. The van der Waals surface area contributed by atoms with Crippen LogP contribution in [0.2, 0.25) is 0 Å².